The Morgan fingerprint density at radius 3 is 2.33 bits per heavy atom. The predicted octanol–water partition coefficient (Wildman–Crippen LogP) is 1.53. The Morgan fingerprint density at radius 2 is 1.75 bits per heavy atom. The molecule has 0 aliphatic carbocycles. The van der Waals surface area contributed by atoms with Crippen LogP contribution in [0.25, 0.3) is 0 Å². The first-order valence-electron chi connectivity index (χ1n) is 12.4. The third-order valence-electron chi connectivity index (χ3n) is 6.76. The van der Waals surface area contributed by atoms with Crippen molar-refractivity contribution < 1.29 is 29.1 Å². The lowest BCUT2D eigenvalue weighted by Gasteiger charge is -2.29. The van der Waals surface area contributed by atoms with Crippen LogP contribution in [0.2, 0.25) is 0 Å². The van der Waals surface area contributed by atoms with Crippen molar-refractivity contribution in [2.45, 2.75) is 64.1 Å². The molecule has 2 fully saturated rings. The molecule has 2 aliphatic rings. The van der Waals surface area contributed by atoms with Crippen LogP contribution in [0.15, 0.2) is 24.3 Å². The summed E-state index contributed by atoms with van der Waals surface area (Å²) in [5.74, 6) is -1.99. The second-order valence-corrected chi connectivity index (χ2v) is 10.2. The zero-order valence-corrected chi connectivity index (χ0v) is 21.4. The molecule has 3 unspecified atom stereocenters. The fraction of sp³-hybridized carbons (Fsp3) is 0.577. The minimum Gasteiger partial charge on any atom is -0.481 e. The molecule has 36 heavy (non-hydrogen) atoms. The van der Waals surface area contributed by atoms with Crippen LogP contribution in [0.1, 0.15) is 56.3 Å². The summed E-state index contributed by atoms with van der Waals surface area (Å²) in [4.78, 5) is 67.8. The molecule has 10 nitrogen and oxygen atoms in total. The van der Waals surface area contributed by atoms with Crippen molar-refractivity contribution in [3.8, 4) is 0 Å². The Balaban J connectivity index is 1.70. The van der Waals surface area contributed by atoms with Gasteiger partial charge in [0.1, 0.15) is 12.1 Å². The number of ketones is 1. The molecule has 2 aliphatic heterocycles. The Kier molecular flexibility index (Phi) is 8.70. The molecule has 0 radical (unpaired) electrons. The number of fused-ring (bicyclic) bond motifs is 1. The van der Waals surface area contributed by atoms with Gasteiger partial charge in [0, 0.05) is 44.7 Å². The van der Waals surface area contributed by atoms with Crippen molar-refractivity contribution in [1.29, 1.82) is 0 Å². The van der Waals surface area contributed by atoms with E-state index in [4.69, 9.17) is 5.11 Å². The number of hydrogen-bond acceptors (Lipinski definition) is 6. The topological polar surface area (TPSA) is 127 Å². The smallest absolute Gasteiger partial charge is 0.303 e. The molecule has 3 atom stereocenters. The van der Waals surface area contributed by atoms with Crippen molar-refractivity contribution in [2.24, 2.45) is 5.92 Å². The Labute approximate surface area is 211 Å². The largest absolute Gasteiger partial charge is 0.481 e. The minimum atomic E-state index is -0.970. The molecule has 196 valence electrons. The van der Waals surface area contributed by atoms with Crippen LogP contribution in [-0.4, -0.2) is 89.7 Å². The molecule has 3 rings (SSSR count). The molecule has 10 heteroatoms. The van der Waals surface area contributed by atoms with Crippen molar-refractivity contribution in [3.63, 3.8) is 0 Å². The third kappa shape index (κ3) is 6.22. The second kappa shape index (κ2) is 11.5. The van der Waals surface area contributed by atoms with Gasteiger partial charge in [-0.05, 0) is 49.4 Å². The summed E-state index contributed by atoms with van der Waals surface area (Å²) in [7, 11) is 3.82. The standard InChI is InChI=1S/C26H36N4O6/c1-16(2)14-19(27-25(35)17-8-10-18(11-9-17)28(3)4)26(36)29-13-12-20-24(29)21(31)15-30(20)22(32)6-5-7-23(33)34/h8-11,16,19-20,24H,5-7,12-15H2,1-4H3,(H,27,35)(H,33,34). The number of nitrogens with one attached hydrogen (secondary N) is 1. The summed E-state index contributed by atoms with van der Waals surface area (Å²) in [5.41, 5.74) is 1.39. The zero-order chi connectivity index (χ0) is 26.6. The van der Waals surface area contributed by atoms with Gasteiger partial charge < -0.3 is 25.1 Å². The zero-order valence-electron chi connectivity index (χ0n) is 21.4. The highest BCUT2D eigenvalue weighted by Crippen LogP contribution is 2.31. The summed E-state index contributed by atoms with van der Waals surface area (Å²) >= 11 is 0. The molecule has 1 aromatic rings. The first-order chi connectivity index (χ1) is 17.0. The van der Waals surface area contributed by atoms with Crippen LogP contribution in [-0.2, 0) is 19.2 Å². The van der Waals surface area contributed by atoms with Gasteiger partial charge in [-0.1, -0.05) is 13.8 Å². The van der Waals surface area contributed by atoms with E-state index in [0.717, 1.165) is 5.69 Å². The highest BCUT2D eigenvalue weighted by molar-refractivity contribution is 6.01. The Morgan fingerprint density at radius 1 is 1.08 bits per heavy atom. The number of nitrogens with zero attached hydrogens (tertiary/aromatic N) is 3. The number of carboxylic acid groups (broad SMARTS) is 1. The highest BCUT2D eigenvalue weighted by Gasteiger charge is 2.52. The van der Waals surface area contributed by atoms with E-state index in [-0.39, 0.29) is 55.2 Å². The van der Waals surface area contributed by atoms with E-state index in [2.05, 4.69) is 5.32 Å². The number of amides is 3. The summed E-state index contributed by atoms with van der Waals surface area (Å²) in [6.45, 7) is 4.16. The fourth-order valence-electron chi connectivity index (χ4n) is 4.97. The van der Waals surface area contributed by atoms with Crippen LogP contribution in [0.5, 0.6) is 0 Å². The maximum atomic E-state index is 13.6. The number of carbonyl (C=O) groups excluding carboxylic acids is 4. The lowest BCUT2D eigenvalue weighted by molar-refractivity contribution is -0.138. The van der Waals surface area contributed by atoms with Gasteiger partial charge in [-0.3, -0.25) is 24.0 Å². The normalized spacial score (nSPS) is 19.9. The van der Waals surface area contributed by atoms with Gasteiger partial charge in [0.15, 0.2) is 5.78 Å². The molecule has 2 heterocycles. The van der Waals surface area contributed by atoms with Crippen molar-refractivity contribution in [2.75, 3.05) is 32.1 Å². The summed E-state index contributed by atoms with van der Waals surface area (Å²) in [5, 5.41) is 11.7. The van der Waals surface area contributed by atoms with Gasteiger partial charge in [0.25, 0.3) is 5.91 Å². The number of rotatable bonds is 10. The van der Waals surface area contributed by atoms with E-state index in [1.807, 2.05) is 45.0 Å². The average Bonchev–Trinajstić information content (AvgIpc) is 3.39. The van der Waals surface area contributed by atoms with E-state index in [1.54, 1.807) is 12.1 Å². The molecule has 0 saturated carbocycles. The van der Waals surface area contributed by atoms with Gasteiger partial charge >= 0.3 is 5.97 Å². The van der Waals surface area contributed by atoms with Crippen LogP contribution < -0.4 is 10.2 Å². The molecule has 2 saturated heterocycles. The third-order valence-corrected chi connectivity index (χ3v) is 6.76. The van der Waals surface area contributed by atoms with E-state index >= 15 is 0 Å². The highest BCUT2D eigenvalue weighted by atomic mass is 16.4. The first kappa shape index (κ1) is 27.2. The SMILES string of the molecule is CC(C)CC(NC(=O)c1ccc(N(C)C)cc1)C(=O)N1CCC2C1C(=O)CN2C(=O)CCCC(=O)O. The molecular weight excluding hydrogens is 464 g/mol. The van der Waals surface area contributed by atoms with E-state index in [1.165, 1.54) is 9.80 Å². The van der Waals surface area contributed by atoms with Crippen LogP contribution in [0, 0.1) is 5.92 Å². The average molecular weight is 501 g/mol. The molecule has 0 aromatic heterocycles. The molecular formula is C26H36N4O6. The second-order valence-electron chi connectivity index (χ2n) is 10.2. The maximum absolute atomic E-state index is 13.6. The van der Waals surface area contributed by atoms with Gasteiger partial charge in [0.05, 0.1) is 12.6 Å². The number of aliphatic carboxylic acids is 1. The number of anilines is 1. The first-order valence-corrected chi connectivity index (χ1v) is 12.4. The van der Waals surface area contributed by atoms with Crippen molar-refractivity contribution >= 4 is 35.2 Å². The molecule has 2 N–H and O–H groups in total. The summed E-state index contributed by atoms with van der Waals surface area (Å²) < 4.78 is 0. The number of likely N-dealkylation sites (tertiary alicyclic amines) is 2. The van der Waals surface area contributed by atoms with E-state index < -0.39 is 24.1 Å². The summed E-state index contributed by atoms with van der Waals surface area (Å²) in [6.07, 6.45) is 1.04. The lowest BCUT2D eigenvalue weighted by Crippen LogP contribution is -2.53. The quantitative estimate of drug-likeness (QED) is 0.499. The Bertz CT molecular complexity index is 1010. The van der Waals surface area contributed by atoms with Crippen LogP contribution in [0.3, 0.4) is 0 Å². The monoisotopic (exact) mass is 500 g/mol. The maximum Gasteiger partial charge on any atom is 0.303 e. The number of Topliss-reactive ketones (excluding diaryl/α,β-unsaturated/α-hetero) is 1. The van der Waals surface area contributed by atoms with Gasteiger partial charge in [0.2, 0.25) is 11.8 Å². The van der Waals surface area contributed by atoms with E-state index in [0.29, 0.717) is 24.9 Å². The van der Waals surface area contributed by atoms with Crippen molar-refractivity contribution in [3.05, 3.63) is 29.8 Å². The number of carbonyl (C=O) groups is 5. The van der Waals surface area contributed by atoms with Gasteiger partial charge in [-0.15, -0.1) is 0 Å². The van der Waals surface area contributed by atoms with Gasteiger partial charge in [-0.2, -0.15) is 0 Å². The fourth-order valence-corrected chi connectivity index (χ4v) is 4.97. The van der Waals surface area contributed by atoms with E-state index in [9.17, 15) is 24.0 Å². The molecule has 3 amide bonds. The number of carboxylic acids is 1. The Hall–Kier alpha value is -3.43. The van der Waals surface area contributed by atoms with Crippen LogP contribution in [0.4, 0.5) is 5.69 Å². The van der Waals surface area contributed by atoms with Crippen molar-refractivity contribution in [1.82, 2.24) is 15.1 Å². The van der Waals surface area contributed by atoms with Gasteiger partial charge in [-0.25, -0.2) is 0 Å². The molecule has 1 aromatic carbocycles. The lowest BCUT2D eigenvalue weighted by atomic mass is 10.0. The predicted molar refractivity (Wildman–Crippen MR) is 134 cm³/mol. The number of benzene rings is 1. The van der Waals surface area contributed by atoms with Crippen LogP contribution >= 0.6 is 0 Å². The molecule has 0 bridgehead atoms. The summed E-state index contributed by atoms with van der Waals surface area (Å²) in [6, 6.07) is 5.15. The minimum absolute atomic E-state index is 0.0510. The molecule has 0 spiro atoms. The number of hydrogen-bond donors (Lipinski definition) is 2.